The Morgan fingerprint density at radius 1 is 1.45 bits per heavy atom. The summed E-state index contributed by atoms with van der Waals surface area (Å²) in [4.78, 5) is 6.38. The molecule has 0 N–H and O–H groups in total. The number of hydrogen-bond acceptors (Lipinski definition) is 2. The van der Waals surface area contributed by atoms with E-state index in [2.05, 4.69) is 27.7 Å². The Morgan fingerprint density at radius 2 is 2.27 bits per heavy atom. The van der Waals surface area contributed by atoms with Crippen LogP contribution in [0, 0.1) is 0 Å². The van der Waals surface area contributed by atoms with Crippen molar-refractivity contribution in [1.29, 1.82) is 0 Å². The Labute approximate surface area is 66.0 Å². The van der Waals surface area contributed by atoms with E-state index in [0.717, 1.165) is 12.2 Å². The lowest BCUT2D eigenvalue weighted by Crippen LogP contribution is -2.16. The Bertz CT molecular complexity index is 298. The van der Waals surface area contributed by atoms with E-state index in [4.69, 9.17) is 0 Å². The van der Waals surface area contributed by atoms with Crippen LogP contribution in [0.15, 0.2) is 12.5 Å². The molecule has 0 aromatic carbocycles. The quantitative estimate of drug-likeness (QED) is 0.545. The second-order valence-corrected chi connectivity index (χ2v) is 2.92. The minimum absolute atomic E-state index is 0.961. The van der Waals surface area contributed by atoms with Crippen molar-refractivity contribution in [1.82, 2.24) is 14.5 Å². The zero-order chi connectivity index (χ0) is 7.84. The van der Waals surface area contributed by atoms with Gasteiger partial charge in [0, 0.05) is 20.3 Å². The van der Waals surface area contributed by atoms with Gasteiger partial charge in [0.25, 0.3) is 0 Å². The molecule has 58 valence electrons. The van der Waals surface area contributed by atoms with Gasteiger partial charge in [0.2, 0.25) is 0 Å². The SMILES string of the molecule is CN1C=Cc2ncn(C)c2C1. The fourth-order valence-electron chi connectivity index (χ4n) is 1.29. The van der Waals surface area contributed by atoms with Crippen LogP contribution >= 0.6 is 0 Å². The first-order valence-corrected chi connectivity index (χ1v) is 3.66. The zero-order valence-corrected chi connectivity index (χ0v) is 6.78. The van der Waals surface area contributed by atoms with Crippen molar-refractivity contribution in [3.63, 3.8) is 0 Å². The van der Waals surface area contributed by atoms with Crippen LogP contribution in [0.25, 0.3) is 6.08 Å². The molecular formula is C8H11N3. The maximum atomic E-state index is 4.24. The minimum Gasteiger partial charge on any atom is -0.374 e. The van der Waals surface area contributed by atoms with Gasteiger partial charge in [-0.15, -0.1) is 0 Å². The van der Waals surface area contributed by atoms with Crippen molar-refractivity contribution >= 4 is 6.08 Å². The van der Waals surface area contributed by atoms with E-state index in [0.29, 0.717) is 0 Å². The molecule has 0 radical (unpaired) electrons. The molecule has 2 rings (SSSR count). The molecule has 3 heteroatoms. The summed E-state index contributed by atoms with van der Waals surface area (Å²) in [6.07, 6.45) is 5.95. The molecule has 0 atom stereocenters. The Kier molecular flexibility index (Phi) is 1.24. The predicted molar refractivity (Wildman–Crippen MR) is 43.7 cm³/mol. The molecule has 0 amide bonds. The van der Waals surface area contributed by atoms with Gasteiger partial charge in [-0.3, -0.25) is 0 Å². The summed E-state index contributed by atoms with van der Waals surface area (Å²) in [5.41, 5.74) is 2.39. The van der Waals surface area contributed by atoms with Gasteiger partial charge in [-0.2, -0.15) is 0 Å². The van der Waals surface area contributed by atoms with Crippen molar-refractivity contribution in [2.45, 2.75) is 6.54 Å². The molecule has 0 unspecified atom stereocenters. The molecule has 0 bridgehead atoms. The molecule has 11 heavy (non-hydrogen) atoms. The van der Waals surface area contributed by atoms with Crippen molar-refractivity contribution in [2.24, 2.45) is 7.05 Å². The van der Waals surface area contributed by atoms with Crippen LogP contribution in [0.4, 0.5) is 0 Å². The van der Waals surface area contributed by atoms with Gasteiger partial charge in [-0.05, 0) is 6.08 Å². The third-order valence-corrected chi connectivity index (χ3v) is 1.98. The molecule has 3 nitrogen and oxygen atoms in total. The average molecular weight is 149 g/mol. The molecule has 1 aliphatic heterocycles. The molecule has 1 aliphatic rings. The van der Waals surface area contributed by atoms with Crippen LogP contribution in [-0.2, 0) is 13.6 Å². The van der Waals surface area contributed by atoms with Gasteiger partial charge in [-0.25, -0.2) is 4.98 Å². The van der Waals surface area contributed by atoms with Crippen molar-refractivity contribution < 1.29 is 0 Å². The van der Waals surface area contributed by atoms with E-state index in [9.17, 15) is 0 Å². The number of imidazole rings is 1. The van der Waals surface area contributed by atoms with Crippen LogP contribution in [0.5, 0.6) is 0 Å². The lowest BCUT2D eigenvalue weighted by Gasteiger charge is -2.18. The maximum Gasteiger partial charge on any atom is 0.0953 e. The van der Waals surface area contributed by atoms with Gasteiger partial charge < -0.3 is 9.47 Å². The molecule has 0 spiro atoms. The van der Waals surface area contributed by atoms with E-state index in [1.54, 1.807) is 0 Å². The highest BCUT2D eigenvalue weighted by atomic mass is 15.1. The monoisotopic (exact) mass is 149 g/mol. The molecule has 0 fully saturated rings. The first-order chi connectivity index (χ1) is 5.27. The third kappa shape index (κ3) is 0.926. The van der Waals surface area contributed by atoms with E-state index in [1.807, 2.05) is 19.5 Å². The smallest absolute Gasteiger partial charge is 0.0953 e. The standard InChI is InChI=1S/C8H11N3/c1-10-4-3-7-8(5-10)11(2)6-9-7/h3-4,6H,5H2,1-2H3. The van der Waals surface area contributed by atoms with Crippen molar-refractivity contribution in [3.8, 4) is 0 Å². The molecule has 1 aromatic rings. The Balaban J connectivity index is 2.48. The second kappa shape index (κ2) is 2.12. The van der Waals surface area contributed by atoms with Gasteiger partial charge in [0.15, 0.2) is 0 Å². The first kappa shape index (κ1) is 6.46. The normalized spacial score (nSPS) is 15.3. The lowest BCUT2D eigenvalue weighted by molar-refractivity contribution is 0.433. The second-order valence-electron chi connectivity index (χ2n) is 2.92. The summed E-state index contributed by atoms with van der Waals surface area (Å²) >= 11 is 0. The molecule has 0 saturated carbocycles. The molecular weight excluding hydrogens is 138 g/mol. The number of rotatable bonds is 0. The van der Waals surface area contributed by atoms with Crippen LogP contribution in [0.2, 0.25) is 0 Å². The Morgan fingerprint density at radius 3 is 3.09 bits per heavy atom. The molecule has 1 aromatic heterocycles. The lowest BCUT2D eigenvalue weighted by atomic mass is 10.2. The van der Waals surface area contributed by atoms with Crippen molar-refractivity contribution in [2.75, 3.05) is 7.05 Å². The molecule has 2 heterocycles. The number of nitrogens with zero attached hydrogens (tertiary/aromatic N) is 3. The molecule has 0 aliphatic carbocycles. The summed E-state index contributed by atoms with van der Waals surface area (Å²) in [5, 5.41) is 0. The first-order valence-electron chi connectivity index (χ1n) is 3.66. The topological polar surface area (TPSA) is 21.1 Å². The van der Waals surface area contributed by atoms with E-state index < -0.39 is 0 Å². The highest BCUT2D eigenvalue weighted by Gasteiger charge is 2.10. The number of fused-ring (bicyclic) bond motifs is 1. The number of hydrogen-bond donors (Lipinski definition) is 0. The van der Waals surface area contributed by atoms with E-state index in [1.165, 1.54) is 5.69 Å². The van der Waals surface area contributed by atoms with Gasteiger partial charge in [0.05, 0.1) is 24.3 Å². The fraction of sp³-hybridized carbons (Fsp3) is 0.375. The number of aryl methyl sites for hydroxylation is 1. The van der Waals surface area contributed by atoms with E-state index in [-0.39, 0.29) is 0 Å². The third-order valence-electron chi connectivity index (χ3n) is 1.98. The summed E-state index contributed by atoms with van der Waals surface area (Å²) in [7, 11) is 4.09. The van der Waals surface area contributed by atoms with Gasteiger partial charge in [0.1, 0.15) is 0 Å². The van der Waals surface area contributed by atoms with Crippen LogP contribution in [0.1, 0.15) is 11.4 Å². The molecule has 0 saturated heterocycles. The summed E-state index contributed by atoms with van der Waals surface area (Å²) in [6, 6.07) is 0. The van der Waals surface area contributed by atoms with E-state index >= 15 is 0 Å². The maximum absolute atomic E-state index is 4.24. The average Bonchev–Trinajstić information content (AvgIpc) is 2.33. The summed E-state index contributed by atoms with van der Waals surface area (Å²) < 4.78 is 2.06. The summed E-state index contributed by atoms with van der Waals surface area (Å²) in [5.74, 6) is 0. The van der Waals surface area contributed by atoms with Crippen LogP contribution in [-0.4, -0.2) is 21.5 Å². The number of aromatic nitrogens is 2. The predicted octanol–water partition coefficient (Wildman–Crippen LogP) is 0.836. The van der Waals surface area contributed by atoms with Crippen LogP contribution < -0.4 is 0 Å². The van der Waals surface area contributed by atoms with Gasteiger partial charge in [-0.1, -0.05) is 0 Å². The minimum atomic E-state index is 0.961. The van der Waals surface area contributed by atoms with Gasteiger partial charge >= 0.3 is 0 Å². The van der Waals surface area contributed by atoms with Crippen molar-refractivity contribution in [3.05, 3.63) is 23.9 Å². The van der Waals surface area contributed by atoms with Crippen LogP contribution in [0.3, 0.4) is 0 Å². The fourth-order valence-corrected chi connectivity index (χ4v) is 1.29. The highest BCUT2D eigenvalue weighted by Crippen LogP contribution is 2.15. The zero-order valence-electron chi connectivity index (χ0n) is 6.78. The Hall–Kier alpha value is -1.25. The highest BCUT2D eigenvalue weighted by molar-refractivity contribution is 5.49. The summed E-state index contributed by atoms with van der Waals surface area (Å²) in [6.45, 7) is 0.961. The largest absolute Gasteiger partial charge is 0.374 e.